The third-order valence-electron chi connectivity index (χ3n) is 1.64. The minimum Gasteiger partial charge on any atom is -0.331 e. The normalized spacial score (nSPS) is 8.12. The molecule has 0 fully saturated rings. The zero-order valence-electron chi connectivity index (χ0n) is 13.3. The van der Waals surface area contributed by atoms with Crippen LogP contribution in [-0.2, 0) is 6.54 Å². The van der Waals surface area contributed by atoms with E-state index in [-0.39, 0.29) is 0 Å². The molecule has 3 nitrogen and oxygen atoms in total. The Morgan fingerprint density at radius 3 is 1.94 bits per heavy atom. The van der Waals surface area contributed by atoms with Gasteiger partial charge in [0.2, 0.25) is 0 Å². The van der Waals surface area contributed by atoms with Gasteiger partial charge in [0.1, 0.15) is 5.82 Å². The summed E-state index contributed by atoms with van der Waals surface area (Å²) in [6.07, 6.45) is 3.85. The maximum Gasteiger partial charge on any atom is 0.122 e. The molecular weight excluding hydrogens is 210 g/mol. The van der Waals surface area contributed by atoms with Crippen molar-refractivity contribution in [2.75, 3.05) is 7.05 Å². The van der Waals surface area contributed by atoms with Crippen LogP contribution in [0.1, 0.15) is 67.3 Å². The van der Waals surface area contributed by atoms with Crippen molar-refractivity contribution >= 4 is 0 Å². The summed E-state index contributed by atoms with van der Waals surface area (Å²) in [7, 11) is 1.93. The molecule has 0 aliphatic rings. The summed E-state index contributed by atoms with van der Waals surface area (Å²) in [5, 5.41) is 3.08. The van der Waals surface area contributed by atoms with Gasteiger partial charge in [0.25, 0.3) is 0 Å². The Labute approximate surface area is 109 Å². The van der Waals surface area contributed by atoms with Crippen LogP contribution in [-0.4, -0.2) is 16.6 Å². The first-order valence-corrected chi connectivity index (χ1v) is 6.92. The molecule has 3 heteroatoms. The van der Waals surface area contributed by atoms with Gasteiger partial charge in [0.15, 0.2) is 0 Å². The second-order valence-electron chi connectivity index (χ2n) is 2.87. The van der Waals surface area contributed by atoms with E-state index in [2.05, 4.69) is 28.7 Å². The Hall–Kier alpha value is -0.830. The van der Waals surface area contributed by atoms with Gasteiger partial charge in [-0.1, -0.05) is 41.5 Å². The highest BCUT2D eigenvalue weighted by molar-refractivity contribution is 4.93. The molecule has 0 atom stereocenters. The number of aromatic nitrogens is 2. The average Bonchev–Trinajstić information content (AvgIpc) is 2.86. The topological polar surface area (TPSA) is 29.9 Å². The van der Waals surface area contributed by atoms with Crippen molar-refractivity contribution in [3.8, 4) is 0 Å². The van der Waals surface area contributed by atoms with Gasteiger partial charge >= 0.3 is 0 Å². The second-order valence-corrected chi connectivity index (χ2v) is 2.87. The Balaban J connectivity index is -0.000000285. The van der Waals surface area contributed by atoms with Gasteiger partial charge < -0.3 is 9.88 Å². The summed E-state index contributed by atoms with van der Waals surface area (Å²) >= 11 is 0. The third-order valence-corrected chi connectivity index (χ3v) is 1.64. The van der Waals surface area contributed by atoms with Crippen molar-refractivity contribution in [1.29, 1.82) is 0 Å². The maximum absolute atomic E-state index is 4.23. The highest BCUT2D eigenvalue weighted by Crippen LogP contribution is 2.06. The van der Waals surface area contributed by atoms with Crippen LogP contribution in [0, 0.1) is 0 Å². The molecule has 1 N–H and O–H groups in total. The summed E-state index contributed by atoms with van der Waals surface area (Å²) in [5.74, 6) is 1.10. The minimum absolute atomic E-state index is 0.501. The standard InChI is InChI=1S/C8H15N3.3C2H6/c1-7(2)11-5-4-10-8(11)6-9-3;3*1-2/h4-5,7,9H,6H2,1-3H3;3*1-2H3. The van der Waals surface area contributed by atoms with Gasteiger partial charge in [0, 0.05) is 18.4 Å². The number of hydrogen-bond donors (Lipinski definition) is 1. The summed E-state index contributed by atoms with van der Waals surface area (Å²) < 4.78 is 2.16. The fraction of sp³-hybridized carbons (Fsp3) is 0.786. The largest absolute Gasteiger partial charge is 0.331 e. The molecule has 0 aliphatic heterocycles. The molecule has 0 aliphatic carbocycles. The minimum atomic E-state index is 0.501. The zero-order chi connectivity index (χ0) is 14.3. The van der Waals surface area contributed by atoms with Crippen LogP contribution in [0.15, 0.2) is 12.4 Å². The Morgan fingerprint density at radius 1 is 1.12 bits per heavy atom. The van der Waals surface area contributed by atoms with Crippen molar-refractivity contribution in [1.82, 2.24) is 14.9 Å². The number of nitrogens with zero attached hydrogens (tertiary/aromatic N) is 2. The quantitative estimate of drug-likeness (QED) is 0.859. The first-order valence-electron chi connectivity index (χ1n) is 6.92. The number of hydrogen-bond acceptors (Lipinski definition) is 2. The molecule has 17 heavy (non-hydrogen) atoms. The molecule has 1 heterocycles. The molecular formula is C14H33N3. The van der Waals surface area contributed by atoms with Crippen LogP contribution in [0.25, 0.3) is 0 Å². The van der Waals surface area contributed by atoms with E-state index >= 15 is 0 Å². The van der Waals surface area contributed by atoms with Crippen LogP contribution in [0.2, 0.25) is 0 Å². The molecule has 0 saturated heterocycles. The Kier molecular flexibility index (Phi) is 22.2. The van der Waals surface area contributed by atoms with E-state index in [9.17, 15) is 0 Å². The molecule has 0 amide bonds. The number of imidazole rings is 1. The van der Waals surface area contributed by atoms with E-state index in [0.717, 1.165) is 12.4 Å². The van der Waals surface area contributed by atoms with E-state index in [1.54, 1.807) is 0 Å². The van der Waals surface area contributed by atoms with E-state index in [1.807, 2.05) is 61.0 Å². The fourth-order valence-electron chi connectivity index (χ4n) is 1.11. The molecule has 1 aromatic rings. The van der Waals surface area contributed by atoms with Crippen LogP contribution in [0.3, 0.4) is 0 Å². The molecule has 1 rings (SSSR count). The third kappa shape index (κ3) is 10.1. The molecule has 0 spiro atoms. The fourth-order valence-corrected chi connectivity index (χ4v) is 1.11. The lowest BCUT2D eigenvalue weighted by Gasteiger charge is -2.10. The lowest BCUT2D eigenvalue weighted by molar-refractivity contribution is 0.555. The van der Waals surface area contributed by atoms with E-state index in [1.165, 1.54) is 0 Å². The monoisotopic (exact) mass is 243 g/mol. The van der Waals surface area contributed by atoms with Gasteiger partial charge in [-0.15, -0.1) is 0 Å². The van der Waals surface area contributed by atoms with Crippen LogP contribution in [0.5, 0.6) is 0 Å². The molecule has 0 aromatic carbocycles. The second kappa shape index (κ2) is 17.6. The van der Waals surface area contributed by atoms with Gasteiger partial charge in [-0.05, 0) is 20.9 Å². The predicted molar refractivity (Wildman–Crippen MR) is 79.4 cm³/mol. The highest BCUT2D eigenvalue weighted by Gasteiger charge is 2.02. The van der Waals surface area contributed by atoms with Gasteiger partial charge in [0.05, 0.1) is 6.54 Å². The van der Waals surface area contributed by atoms with Crippen LogP contribution >= 0.6 is 0 Å². The maximum atomic E-state index is 4.23. The molecule has 104 valence electrons. The van der Waals surface area contributed by atoms with E-state index in [4.69, 9.17) is 0 Å². The predicted octanol–water partition coefficient (Wildman–Crippen LogP) is 4.26. The lowest BCUT2D eigenvalue weighted by atomic mass is 10.4. The van der Waals surface area contributed by atoms with E-state index < -0.39 is 0 Å². The average molecular weight is 243 g/mol. The highest BCUT2D eigenvalue weighted by atomic mass is 15.1. The molecule has 0 unspecified atom stereocenters. The van der Waals surface area contributed by atoms with E-state index in [0.29, 0.717) is 6.04 Å². The Morgan fingerprint density at radius 2 is 1.59 bits per heavy atom. The molecule has 1 aromatic heterocycles. The van der Waals surface area contributed by atoms with Gasteiger partial charge in [-0.3, -0.25) is 0 Å². The molecule has 0 radical (unpaired) electrons. The van der Waals surface area contributed by atoms with Gasteiger partial charge in [-0.25, -0.2) is 4.98 Å². The first-order chi connectivity index (χ1) is 8.25. The van der Waals surface area contributed by atoms with Crippen molar-refractivity contribution < 1.29 is 0 Å². The lowest BCUT2D eigenvalue weighted by Crippen LogP contribution is -2.13. The van der Waals surface area contributed by atoms with Crippen LogP contribution in [0.4, 0.5) is 0 Å². The molecule has 0 bridgehead atoms. The van der Waals surface area contributed by atoms with Crippen molar-refractivity contribution in [3.63, 3.8) is 0 Å². The van der Waals surface area contributed by atoms with Gasteiger partial charge in [-0.2, -0.15) is 0 Å². The van der Waals surface area contributed by atoms with Crippen molar-refractivity contribution in [2.24, 2.45) is 0 Å². The molecule has 0 saturated carbocycles. The van der Waals surface area contributed by atoms with Crippen molar-refractivity contribution in [3.05, 3.63) is 18.2 Å². The summed E-state index contributed by atoms with van der Waals surface area (Å²) in [5.41, 5.74) is 0. The first kappa shape index (κ1) is 21.5. The summed E-state index contributed by atoms with van der Waals surface area (Å²) in [6, 6.07) is 0.501. The Bertz CT molecular complexity index is 217. The SMILES string of the molecule is CC.CC.CC.CNCc1nccn1C(C)C. The smallest absolute Gasteiger partial charge is 0.122 e. The number of nitrogens with one attached hydrogen (secondary N) is 1. The zero-order valence-corrected chi connectivity index (χ0v) is 13.3. The van der Waals surface area contributed by atoms with Crippen LogP contribution < -0.4 is 5.32 Å². The number of rotatable bonds is 3. The van der Waals surface area contributed by atoms with Crippen molar-refractivity contribution in [2.45, 2.75) is 68.0 Å². The summed E-state index contributed by atoms with van der Waals surface area (Å²) in [6.45, 7) is 17.1. The summed E-state index contributed by atoms with van der Waals surface area (Å²) in [4.78, 5) is 4.23.